The third-order valence-electron chi connectivity index (χ3n) is 6.58. The number of hydrogen-bond donors (Lipinski definition) is 1. The molecule has 1 amide bonds. The monoisotopic (exact) mass is 441 g/mol. The highest BCUT2D eigenvalue weighted by molar-refractivity contribution is 6.51. The van der Waals surface area contributed by atoms with Crippen LogP contribution in [0, 0.1) is 20.8 Å². The minimum atomic E-state index is -0.837. The van der Waals surface area contributed by atoms with Crippen molar-refractivity contribution < 1.29 is 19.1 Å². The Labute approximate surface area is 193 Å². The van der Waals surface area contributed by atoms with Gasteiger partial charge in [0.2, 0.25) is 0 Å². The van der Waals surface area contributed by atoms with Crippen LogP contribution in [0.15, 0.2) is 58.5 Å². The molecule has 1 atom stereocenters. The van der Waals surface area contributed by atoms with Gasteiger partial charge in [0.1, 0.15) is 23.3 Å². The van der Waals surface area contributed by atoms with Crippen LogP contribution in [0.5, 0.6) is 0 Å². The second-order valence-corrected chi connectivity index (χ2v) is 9.15. The maximum Gasteiger partial charge on any atom is 0.300 e. The number of ketones is 1. The van der Waals surface area contributed by atoms with Crippen LogP contribution in [-0.2, 0) is 22.4 Å². The average Bonchev–Trinajstić information content (AvgIpc) is 3.33. The largest absolute Gasteiger partial charge is 0.507 e. The van der Waals surface area contributed by atoms with Crippen LogP contribution in [0.1, 0.15) is 58.2 Å². The van der Waals surface area contributed by atoms with Gasteiger partial charge in [0, 0.05) is 11.3 Å². The molecule has 0 bridgehead atoms. The van der Waals surface area contributed by atoms with E-state index in [0.717, 1.165) is 36.8 Å². The van der Waals surface area contributed by atoms with Crippen LogP contribution in [0.4, 0.5) is 5.69 Å². The number of Topliss-reactive ketones (excluding diaryl/α,β-unsaturated/α-hetero) is 1. The second kappa shape index (κ2) is 8.07. The van der Waals surface area contributed by atoms with E-state index >= 15 is 0 Å². The van der Waals surface area contributed by atoms with Crippen LogP contribution >= 0.6 is 0 Å². The minimum Gasteiger partial charge on any atom is -0.507 e. The van der Waals surface area contributed by atoms with Crippen LogP contribution in [0.2, 0.25) is 0 Å². The maximum atomic E-state index is 13.3. The number of carbonyl (C=O) groups is 2. The molecule has 5 nitrogen and oxygen atoms in total. The van der Waals surface area contributed by atoms with Crippen molar-refractivity contribution >= 4 is 23.1 Å². The summed E-state index contributed by atoms with van der Waals surface area (Å²) < 4.78 is 5.89. The highest BCUT2D eigenvalue weighted by Gasteiger charge is 2.48. The summed E-state index contributed by atoms with van der Waals surface area (Å²) in [6.07, 6.45) is 4.25. The van der Waals surface area contributed by atoms with Gasteiger partial charge in [-0.05, 0) is 99.0 Å². The molecule has 1 N–H and O–H groups in total. The number of amides is 1. The van der Waals surface area contributed by atoms with Crippen LogP contribution < -0.4 is 4.90 Å². The normalized spacial score (nSPS) is 19.7. The molecule has 2 aliphatic rings. The molecular weight excluding hydrogens is 414 g/mol. The molecule has 1 saturated heterocycles. The third-order valence-corrected chi connectivity index (χ3v) is 6.58. The molecule has 5 rings (SSSR count). The van der Waals surface area contributed by atoms with Crippen molar-refractivity contribution in [1.82, 2.24) is 0 Å². The van der Waals surface area contributed by atoms with Crippen molar-refractivity contribution in [3.63, 3.8) is 0 Å². The summed E-state index contributed by atoms with van der Waals surface area (Å²) in [7, 11) is 0. The molecule has 5 heteroatoms. The predicted molar refractivity (Wildman–Crippen MR) is 127 cm³/mol. The molecular formula is C28H27NO4. The summed E-state index contributed by atoms with van der Waals surface area (Å²) in [5.74, 6) is -0.412. The third kappa shape index (κ3) is 3.67. The van der Waals surface area contributed by atoms with E-state index in [4.69, 9.17) is 4.42 Å². The lowest BCUT2D eigenvalue weighted by Crippen LogP contribution is -2.29. The lowest BCUT2D eigenvalue weighted by molar-refractivity contribution is -0.132. The number of aryl methyl sites for hydroxylation is 5. The number of nitrogens with zero attached hydrogens (tertiary/aromatic N) is 1. The Balaban J connectivity index is 1.70. The number of rotatable bonds is 3. The number of aliphatic hydroxyl groups excluding tert-OH is 1. The fraction of sp³-hybridized carbons (Fsp3) is 0.286. The average molecular weight is 442 g/mol. The van der Waals surface area contributed by atoms with E-state index in [1.807, 2.05) is 57.2 Å². The Morgan fingerprint density at radius 1 is 0.909 bits per heavy atom. The number of furan rings is 1. The second-order valence-electron chi connectivity index (χ2n) is 9.15. The summed E-state index contributed by atoms with van der Waals surface area (Å²) in [6.45, 7) is 5.72. The van der Waals surface area contributed by atoms with E-state index in [2.05, 4.69) is 0 Å². The van der Waals surface area contributed by atoms with E-state index in [1.165, 1.54) is 16.0 Å². The van der Waals surface area contributed by atoms with Gasteiger partial charge < -0.3 is 9.52 Å². The first-order chi connectivity index (χ1) is 15.8. The van der Waals surface area contributed by atoms with Crippen molar-refractivity contribution in [2.45, 2.75) is 52.5 Å². The Bertz CT molecular complexity index is 1290. The molecule has 0 spiro atoms. The molecule has 168 valence electrons. The Morgan fingerprint density at radius 3 is 2.27 bits per heavy atom. The summed E-state index contributed by atoms with van der Waals surface area (Å²) in [4.78, 5) is 28.0. The van der Waals surface area contributed by atoms with E-state index < -0.39 is 17.7 Å². The fourth-order valence-electron chi connectivity index (χ4n) is 5.09. The van der Waals surface area contributed by atoms with Crippen LogP contribution in [0.25, 0.3) is 5.76 Å². The van der Waals surface area contributed by atoms with Crippen molar-refractivity contribution in [2.75, 3.05) is 4.90 Å². The Hall–Kier alpha value is -3.60. The van der Waals surface area contributed by atoms with Gasteiger partial charge in [-0.15, -0.1) is 0 Å². The first-order valence-electron chi connectivity index (χ1n) is 11.4. The molecule has 2 heterocycles. The predicted octanol–water partition coefficient (Wildman–Crippen LogP) is 5.71. The van der Waals surface area contributed by atoms with Gasteiger partial charge in [0.05, 0.1) is 5.57 Å². The molecule has 2 aromatic carbocycles. The van der Waals surface area contributed by atoms with E-state index in [0.29, 0.717) is 22.8 Å². The summed E-state index contributed by atoms with van der Waals surface area (Å²) in [5, 5.41) is 11.4. The van der Waals surface area contributed by atoms with Gasteiger partial charge in [-0.2, -0.15) is 0 Å². The number of fused-ring (bicyclic) bond motifs is 1. The molecule has 0 saturated carbocycles. The number of carbonyl (C=O) groups excluding carboxylic acids is 2. The highest BCUT2D eigenvalue weighted by Crippen LogP contribution is 2.43. The molecule has 3 aromatic rings. The molecule has 1 fully saturated rings. The van der Waals surface area contributed by atoms with Crippen LogP contribution in [-0.4, -0.2) is 16.8 Å². The Morgan fingerprint density at radius 2 is 1.61 bits per heavy atom. The SMILES string of the molecule is Cc1cc(C)cc(N2C(=O)C(=O)/C(=C(\O)c3ccc4c(c3)CCCC4)C2c2ccc(C)o2)c1. The lowest BCUT2D eigenvalue weighted by atomic mass is 9.89. The van der Waals surface area contributed by atoms with Gasteiger partial charge in [0.15, 0.2) is 0 Å². The highest BCUT2D eigenvalue weighted by atomic mass is 16.3. The van der Waals surface area contributed by atoms with Crippen LogP contribution in [0.3, 0.4) is 0 Å². The minimum absolute atomic E-state index is 0.0595. The topological polar surface area (TPSA) is 70.8 Å². The lowest BCUT2D eigenvalue weighted by Gasteiger charge is -2.24. The quantitative estimate of drug-likeness (QED) is 0.321. The number of hydrogen-bond acceptors (Lipinski definition) is 4. The van der Waals surface area contributed by atoms with Gasteiger partial charge >= 0.3 is 0 Å². The van der Waals surface area contributed by atoms with E-state index in [1.54, 1.807) is 12.1 Å². The smallest absolute Gasteiger partial charge is 0.300 e. The molecule has 0 radical (unpaired) electrons. The zero-order chi connectivity index (χ0) is 23.3. The number of anilines is 1. The van der Waals surface area contributed by atoms with Crippen molar-refractivity contribution in [3.05, 3.63) is 93.4 Å². The molecule has 1 unspecified atom stereocenters. The van der Waals surface area contributed by atoms with E-state index in [-0.39, 0.29) is 11.3 Å². The van der Waals surface area contributed by atoms with Crippen molar-refractivity contribution in [1.29, 1.82) is 0 Å². The molecule has 1 aliphatic carbocycles. The molecule has 1 aliphatic heterocycles. The fourth-order valence-corrected chi connectivity index (χ4v) is 5.09. The van der Waals surface area contributed by atoms with Gasteiger partial charge in [0.25, 0.3) is 11.7 Å². The molecule has 1 aromatic heterocycles. The number of benzene rings is 2. The van der Waals surface area contributed by atoms with Crippen molar-refractivity contribution in [2.24, 2.45) is 0 Å². The van der Waals surface area contributed by atoms with Gasteiger partial charge in [-0.1, -0.05) is 18.2 Å². The van der Waals surface area contributed by atoms with Gasteiger partial charge in [-0.3, -0.25) is 14.5 Å². The standard InChI is InChI=1S/C28H27NO4/c1-16-12-17(2)14-22(13-16)29-25(23-11-8-18(3)33-23)24(27(31)28(29)32)26(30)21-10-9-19-6-4-5-7-20(19)15-21/h8-15,25,30H,4-7H2,1-3H3/b26-24-. The zero-order valence-electron chi connectivity index (χ0n) is 19.1. The summed E-state index contributed by atoms with van der Waals surface area (Å²) >= 11 is 0. The first kappa shape index (κ1) is 21.3. The number of aliphatic hydroxyl groups is 1. The van der Waals surface area contributed by atoms with Gasteiger partial charge in [-0.25, -0.2) is 0 Å². The van der Waals surface area contributed by atoms with E-state index in [9.17, 15) is 14.7 Å². The maximum absolute atomic E-state index is 13.3. The Kier molecular flexibility index (Phi) is 5.20. The summed E-state index contributed by atoms with van der Waals surface area (Å²) in [6, 6.07) is 14.3. The molecule has 33 heavy (non-hydrogen) atoms. The zero-order valence-corrected chi connectivity index (χ0v) is 19.1. The summed E-state index contributed by atoms with van der Waals surface area (Å²) in [5.41, 5.74) is 5.67. The first-order valence-corrected chi connectivity index (χ1v) is 11.4. The van der Waals surface area contributed by atoms with Crippen molar-refractivity contribution in [3.8, 4) is 0 Å².